The van der Waals surface area contributed by atoms with E-state index in [4.69, 9.17) is 0 Å². The highest BCUT2D eigenvalue weighted by Crippen LogP contribution is 2.19. The molecule has 0 amide bonds. The number of rotatable bonds is 7. The molecule has 2 rings (SSSR count). The van der Waals surface area contributed by atoms with Crippen molar-refractivity contribution < 1.29 is 17.9 Å². The summed E-state index contributed by atoms with van der Waals surface area (Å²) in [5, 5.41) is 3.38. The van der Waals surface area contributed by atoms with Gasteiger partial charge in [0.2, 0.25) is 0 Å². The van der Waals surface area contributed by atoms with E-state index in [1.54, 1.807) is 0 Å². The maximum Gasteiger partial charge on any atom is 0.411 e. The van der Waals surface area contributed by atoms with E-state index in [0.29, 0.717) is 12.6 Å². The van der Waals surface area contributed by atoms with E-state index in [-0.39, 0.29) is 6.61 Å². The molecule has 0 radical (unpaired) electrons. The fourth-order valence-electron chi connectivity index (χ4n) is 1.64. The van der Waals surface area contributed by atoms with Gasteiger partial charge in [-0.05, 0) is 24.5 Å². The van der Waals surface area contributed by atoms with Crippen LogP contribution in [-0.2, 0) is 17.8 Å². The average Bonchev–Trinajstić information content (AvgIpc) is 3.00. The summed E-state index contributed by atoms with van der Waals surface area (Å²) in [4.78, 5) is 0. The first-order valence-corrected chi connectivity index (χ1v) is 6.05. The first-order chi connectivity index (χ1) is 8.53. The predicted octanol–water partition coefficient (Wildman–Crippen LogP) is 2.32. The van der Waals surface area contributed by atoms with Crippen LogP contribution in [-0.4, -0.2) is 30.0 Å². The fourth-order valence-corrected chi connectivity index (χ4v) is 1.64. The molecular weight excluding hydrogens is 245 g/mol. The molecule has 0 saturated heterocycles. The van der Waals surface area contributed by atoms with E-state index < -0.39 is 12.8 Å². The van der Waals surface area contributed by atoms with Crippen molar-refractivity contribution in [1.29, 1.82) is 0 Å². The largest absolute Gasteiger partial charge is 0.411 e. The summed E-state index contributed by atoms with van der Waals surface area (Å²) in [6.07, 6.45) is 2.04. The smallest absolute Gasteiger partial charge is 0.370 e. The van der Waals surface area contributed by atoms with Crippen LogP contribution in [0.25, 0.3) is 0 Å². The molecule has 1 aromatic rings. The molecule has 102 valence electrons. The molecule has 0 spiro atoms. The molecule has 0 aliphatic heterocycles. The Labute approximate surface area is 104 Å². The molecule has 0 unspecified atom stereocenters. The van der Waals surface area contributed by atoms with Crippen molar-refractivity contribution in [2.45, 2.75) is 38.1 Å². The molecular formula is C12H17F3N2O. The summed E-state index contributed by atoms with van der Waals surface area (Å²) in [6, 6.07) is 2.63. The Kier molecular flexibility index (Phi) is 4.29. The Morgan fingerprint density at radius 1 is 1.39 bits per heavy atom. The summed E-state index contributed by atoms with van der Waals surface area (Å²) in [5.74, 6) is 0. The van der Waals surface area contributed by atoms with Gasteiger partial charge in [-0.15, -0.1) is 0 Å². The zero-order valence-corrected chi connectivity index (χ0v) is 10.0. The maximum absolute atomic E-state index is 11.8. The summed E-state index contributed by atoms with van der Waals surface area (Å²) in [6.45, 7) is 0.161. The molecule has 1 aromatic heterocycles. The van der Waals surface area contributed by atoms with Crippen molar-refractivity contribution in [1.82, 2.24) is 9.88 Å². The molecule has 0 aromatic carbocycles. The van der Waals surface area contributed by atoms with Crippen LogP contribution >= 0.6 is 0 Å². The van der Waals surface area contributed by atoms with E-state index >= 15 is 0 Å². The summed E-state index contributed by atoms with van der Waals surface area (Å²) >= 11 is 0. The monoisotopic (exact) mass is 262 g/mol. The average molecular weight is 262 g/mol. The Bertz CT molecular complexity index is 372. The lowest BCUT2D eigenvalue weighted by molar-refractivity contribution is -0.174. The lowest BCUT2D eigenvalue weighted by atomic mass is 10.3. The highest BCUT2D eigenvalue weighted by Gasteiger charge is 2.27. The highest BCUT2D eigenvalue weighted by molar-refractivity contribution is 5.10. The van der Waals surface area contributed by atoms with E-state index in [1.165, 1.54) is 12.8 Å². The van der Waals surface area contributed by atoms with E-state index in [2.05, 4.69) is 10.1 Å². The number of alkyl halides is 3. The van der Waals surface area contributed by atoms with Crippen LogP contribution in [0.1, 0.15) is 18.4 Å². The molecule has 3 nitrogen and oxygen atoms in total. The number of ether oxygens (including phenoxy) is 1. The van der Waals surface area contributed by atoms with Crippen molar-refractivity contribution in [3.63, 3.8) is 0 Å². The second-order valence-electron chi connectivity index (χ2n) is 4.58. The van der Waals surface area contributed by atoms with E-state index in [9.17, 15) is 13.2 Å². The van der Waals surface area contributed by atoms with Gasteiger partial charge in [0.1, 0.15) is 6.61 Å². The third-order valence-corrected chi connectivity index (χ3v) is 2.74. The molecule has 0 atom stereocenters. The first-order valence-electron chi connectivity index (χ1n) is 6.05. The maximum atomic E-state index is 11.8. The Morgan fingerprint density at radius 3 is 2.83 bits per heavy atom. The Morgan fingerprint density at radius 2 is 2.17 bits per heavy atom. The van der Waals surface area contributed by atoms with Crippen LogP contribution in [0.5, 0.6) is 0 Å². The van der Waals surface area contributed by atoms with Crippen LogP contribution in [0.3, 0.4) is 0 Å². The van der Waals surface area contributed by atoms with Gasteiger partial charge >= 0.3 is 6.18 Å². The van der Waals surface area contributed by atoms with Gasteiger partial charge in [-0.25, -0.2) is 0 Å². The van der Waals surface area contributed by atoms with Crippen molar-refractivity contribution in [3.05, 3.63) is 24.0 Å². The molecule has 18 heavy (non-hydrogen) atoms. The minimum atomic E-state index is -4.24. The van der Waals surface area contributed by atoms with Gasteiger partial charge in [-0.1, -0.05) is 0 Å². The second kappa shape index (κ2) is 5.75. The summed E-state index contributed by atoms with van der Waals surface area (Å²) < 4.78 is 41.9. The van der Waals surface area contributed by atoms with Crippen LogP contribution in [0.2, 0.25) is 0 Å². The predicted molar refractivity (Wildman–Crippen MR) is 61.2 cm³/mol. The van der Waals surface area contributed by atoms with Crippen LogP contribution in [0.4, 0.5) is 13.2 Å². The van der Waals surface area contributed by atoms with Gasteiger partial charge in [0.15, 0.2) is 0 Å². The third kappa shape index (κ3) is 5.10. The normalized spacial score (nSPS) is 16.2. The molecule has 6 heteroatoms. The molecule has 1 fully saturated rings. The van der Waals surface area contributed by atoms with Crippen molar-refractivity contribution in [2.24, 2.45) is 0 Å². The lowest BCUT2D eigenvalue weighted by Crippen LogP contribution is -2.18. The zero-order valence-electron chi connectivity index (χ0n) is 10.0. The number of hydrogen-bond acceptors (Lipinski definition) is 2. The molecule has 1 N–H and O–H groups in total. The Balaban J connectivity index is 1.63. The van der Waals surface area contributed by atoms with Crippen LogP contribution < -0.4 is 5.32 Å². The second-order valence-corrected chi connectivity index (χ2v) is 4.58. The Hall–Kier alpha value is -1.01. The number of hydrogen-bond donors (Lipinski definition) is 1. The van der Waals surface area contributed by atoms with E-state index in [1.807, 2.05) is 23.0 Å². The van der Waals surface area contributed by atoms with Crippen molar-refractivity contribution in [2.75, 3.05) is 13.2 Å². The molecule has 1 saturated carbocycles. The van der Waals surface area contributed by atoms with Gasteiger partial charge < -0.3 is 14.6 Å². The third-order valence-electron chi connectivity index (χ3n) is 2.74. The molecule has 0 bridgehead atoms. The zero-order chi connectivity index (χ0) is 13.0. The molecule has 1 aliphatic rings. The van der Waals surface area contributed by atoms with Crippen LogP contribution in [0, 0.1) is 0 Å². The highest BCUT2D eigenvalue weighted by atomic mass is 19.4. The number of nitrogens with one attached hydrogen (secondary N) is 1. The SMILES string of the molecule is FC(F)(F)COCCn1ccc(CNC2CC2)c1. The number of halogens is 3. The van der Waals surface area contributed by atoms with Crippen molar-refractivity contribution >= 4 is 0 Å². The van der Waals surface area contributed by atoms with Gasteiger partial charge in [0, 0.05) is 31.5 Å². The van der Waals surface area contributed by atoms with Gasteiger partial charge in [0.05, 0.1) is 6.61 Å². The number of nitrogens with zero attached hydrogens (tertiary/aromatic N) is 1. The standard InChI is InChI=1S/C12H17F3N2O/c13-12(14,15)9-18-6-5-17-4-3-10(8-17)7-16-11-1-2-11/h3-4,8,11,16H,1-2,5-7,9H2. The quantitative estimate of drug-likeness (QED) is 0.763. The first kappa shape index (κ1) is 13.4. The van der Waals surface area contributed by atoms with Gasteiger partial charge in [-0.2, -0.15) is 13.2 Å². The minimum absolute atomic E-state index is 0.0731. The topological polar surface area (TPSA) is 26.2 Å². The fraction of sp³-hybridized carbons (Fsp3) is 0.667. The summed E-state index contributed by atoms with van der Waals surface area (Å²) in [7, 11) is 0. The summed E-state index contributed by atoms with van der Waals surface area (Å²) in [5.41, 5.74) is 1.15. The van der Waals surface area contributed by atoms with Crippen molar-refractivity contribution in [3.8, 4) is 0 Å². The van der Waals surface area contributed by atoms with Gasteiger partial charge in [0.25, 0.3) is 0 Å². The minimum Gasteiger partial charge on any atom is -0.370 e. The van der Waals surface area contributed by atoms with Gasteiger partial charge in [-0.3, -0.25) is 0 Å². The molecule has 1 heterocycles. The molecule has 1 aliphatic carbocycles. The van der Waals surface area contributed by atoms with Crippen LogP contribution in [0.15, 0.2) is 18.5 Å². The number of aromatic nitrogens is 1. The van der Waals surface area contributed by atoms with E-state index in [0.717, 1.165) is 12.1 Å². The lowest BCUT2D eigenvalue weighted by Gasteiger charge is -2.08.